The molecule has 0 unspecified atom stereocenters. The third-order valence-electron chi connectivity index (χ3n) is 3.24. The highest BCUT2D eigenvalue weighted by molar-refractivity contribution is 9.08. The lowest BCUT2D eigenvalue weighted by atomic mass is 10.1. The molecule has 3 heteroatoms. The van der Waals surface area contributed by atoms with E-state index in [-0.39, 0.29) is 5.82 Å². The van der Waals surface area contributed by atoms with Crippen LogP contribution in [0.3, 0.4) is 0 Å². The van der Waals surface area contributed by atoms with Crippen molar-refractivity contribution in [3.8, 4) is 0 Å². The predicted octanol–water partition coefficient (Wildman–Crippen LogP) is 5.19. The van der Waals surface area contributed by atoms with Crippen LogP contribution in [0.4, 0.5) is 15.8 Å². The first kappa shape index (κ1) is 14.1. The number of nitrogens with zero attached hydrogens (tertiary/aromatic N) is 1. The Morgan fingerprint density at radius 2 is 1.89 bits per heavy atom. The Balaban J connectivity index is 2.43. The van der Waals surface area contributed by atoms with E-state index in [1.54, 1.807) is 6.07 Å². The van der Waals surface area contributed by atoms with Gasteiger partial charge >= 0.3 is 0 Å². The van der Waals surface area contributed by atoms with Crippen molar-refractivity contribution < 1.29 is 4.39 Å². The third-order valence-corrected chi connectivity index (χ3v) is 3.85. The van der Waals surface area contributed by atoms with Gasteiger partial charge in [-0.05, 0) is 49.2 Å². The van der Waals surface area contributed by atoms with Gasteiger partial charge in [-0.1, -0.05) is 34.1 Å². The van der Waals surface area contributed by atoms with Crippen LogP contribution in [-0.4, -0.2) is 6.54 Å². The molecule has 0 N–H and O–H groups in total. The highest BCUT2D eigenvalue weighted by atomic mass is 79.9. The first-order chi connectivity index (χ1) is 9.17. The molecule has 0 spiro atoms. The minimum absolute atomic E-state index is 0.188. The van der Waals surface area contributed by atoms with Gasteiger partial charge in [0, 0.05) is 17.6 Å². The summed E-state index contributed by atoms with van der Waals surface area (Å²) < 4.78 is 13.9. The third kappa shape index (κ3) is 2.98. The van der Waals surface area contributed by atoms with Crippen LogP contribution < -0.4 is 4.90 Å². The number of halogens is 2. The molecule has 1 nitrogen and oxygen atoms in total. The van der Waals surface area contributed by atoms with Crippen LogP contribution in [0.5, 0.6) is 0 Å². The standard InChI is InChI=1S/C16H17BrFN/c1-3-19(16-7-5-4-6-15(16)18)14-9-8-13(11-17)12(2)10-14/h4-10H,3,11H2,1-2H3. The Morgan fingerprint density at radius 1 is 1.16 bits per heavy atom. The highest BCUT2D eigenvalue weighted by Crippen LogP contribution is 2.29. The summed E-state index contributed by atoms with van der Waals surface area (Å²) in [6.45, 7) is 4.84. The fourth-order valence-electron chi connectivity index (χ4n) is 2.16. The lowest BCUT2D eigenvalue weighted by Crippen LogP contribution is -2.17. The maximum Gasteiger partial charge on any atom is 0.146 e. The molecule has 19 heavy (non-hydrogen) atoms. The van der Waals surface area contributed by atoms with Crippen molar-refractivity contribution in [1.29, 1.82) is 0 Å². The van der Waals surface area contributed by atoms with E-state index in [1.807, 2.05) is 30.0 Å². The summed E-state index contributed by atoms with van der Waals surface area (Å²) in [4.78, 5) is 1.99. The van der Waals surface area contributed by atoms with Gasteiger partial charge in [0.05, 0.1) is 5.69 Å². The Bertz CT molecular complexity index is 568. The molecular weight excluding hydrogens is 305 g/mol. The van der Waals surface area contributed by atoms with Crippen molar-refractivity contribution in [3.63, 3.8) is 0 Å². The second kappa shape index (κ2) is 6.20. The molecule has 0 amide bonds. The second-order valence-electron chi connectivity index (χ2n) is 4.44. The van der Waals surface area contributed by atoms with Gasteiger partial charge in [-0.2, -0.15) is 0 Å². The molecule has 0 radical (unpaired) electrons. The number of para-hydroxylation sites is 1. The van der Waals surface area contributed by atoms with Crippen LogP contribution in [0.15, 0.2) is 42.5 Å². The van der Waals surface area contributed by atoms with Gasteiger partial charge in [-0.15, -0.1) is 0 Å². The quantitative estimate of drug-likeness (QED) is 0.701. The summed E-state index contributed by atoms with van der Waals surface area (Å²) in [6, 6.07) is 13.1. The van der Waals surface area contributed by atoms with E-state index in [1.165, 1.54) is 17.2 Å². The lowest BCUT2D eigenvalue weighted by Gasteiger charge is -2.24. The summed E-state index contributed by atoms with van der Waals surface area (Å²) in [5.74, 6) is -0.188. The number of benzene rings is 2. The molecule has 0 aliphatic carbocycles. The van der Waals surface area contributed by atoms with E-state index < -0.39 is 0 Å². The van der Waals surface area contributed by atoms with E-state index >= 15 is 0 Å². The first-order valence-electron chi connectivity index (χ1n) is 6.35. The van der Waals surface area contributed by atoms with Gasteiger partial charge in [0.1, 0.15) is 5.82 Å². The van der Waals surface area contributed by atoms with Crippen LogP contribution in [0.1, 0.15) is 18.1 Å². The van der Waals surface area contributed by atoms with E-state index in [0.29, 0.717) is 5.69 Å². The number of hydrogen-bond donors (Lipinski definition) is 0. The average molecular weight is 322 g/mol. The Hall–Kier alpha value is -1.35. The molecule has 0 saturated carbocycles. The average Bonchev–Trinajstić information content (AvgIpc) is 2.42. The maximum atomic E-state index is 13.9. The molecule has 0 aliphatic heterocycles. The largest absolute Gasteiger partial charge is 0.339 e. The van der Waals surface area contributed by atoms with Crippen molar-refractivity contribution in [2.75, 3.05) is 11.4 Å². The van der Waals surface area contributed by atoms with Crippen LogP contribution >= 0.6 is 15.9 Å². The normalized spacial score (nSPS) is 10.5. The molecule has 0 atom stereocenters. The molecule has 2 rings (SSSR count). The molecule has 0 aromatic heterocycles. The molecule has 2 aromatic carbocycles. The molecule has 0 aliphatic rings. The molecule has 0 heterocycles. The minimum atomic E-state index is -0.188. The number of rotatable bonds is 4. The Morgan fingerprint density at radius 3 is 2.47 bits per heavy atom. The van der Waals surface area contributed by atoms with Gasteiger partial charge < -0.3 is 4.90 Å². The molecule has 2 aromatic rings. The zero-order chi connectivity index (χ0) is 13.8. The Kier molecular flexibility index (Phi) is 4.59. The smallest absolute Gasteiger partial charge is 0.146 e. The summed E-state index contributed by atoms with van der Waals surface area (Å²) in [6.07, 6.45) is 0. The van der Waals surface area contributed by atoms with Crippen molar-refractivity contribution in [3.05, 3.63) is 59.4 Å². The van der Waals surface area contributed by atoms with Crippen molar-refractivity contribution in [2.24, 2.45) is 0 Å². The summed E-state index contributed by atoms with van der Waals surface area (Å²) >= 11 is 3.47. The highest BCUT2D eigenvalue weighted by Gasteiger charge is 2.12. The zero-order valence-electron chi connectivity index (χ0n) is 11.2. The van der Waals surface area contributed by atoms with Crippen LogP contribution in [-0.2, 0) is 5.33 Å². The van der Waals surface area contributed by atoms with Gasteiger partial charge in [-0.25, -0.2) is 4.39 Å². The molecular formula is C16H17BrFN. The molecule has 0 saturated heterocycles. The van der Waals surface area contributed by atoms with Crippen molar-refractivity contribution >= 4 is 27.3 Å². The van der Waals surface area contributed by atoms with E-state index in [9.17, 15) is 4.39 Å². The number of aryl methyl sites for hydroxylation is 1. The van der Waals surface area contributed by atoms with Crippen molar-refractivity contribution in [1.82, 2.24) is 0 Å². The van der Waals surface area contributed by atoms with Gasteiger partial charge in [0.2, 0.25) is 0 Å². The molecule has 0 fully saturated rings. The molecule has 0 bridgehead atoms. The maximum absolute atomic E-state index is 13.9. The zero-order valence-corrected chi connectivity index (χ0v) is 12.7. The predicted molar refractivity (Wildman–Crippen MR) is 82.9 cm³/mol. The Labute approximate surface area is 122 Å². The van der Waals surface area contributed by atoms with Crippen molar-refractivity contribution in [2.45, 2.75) is 19.2 Å². The van der Waals surface area contributed by atoms with Crippen LogP contribution in [0, 0.1) is 12.7 Å². The van der Waals surface area contributed by atoms with Gasteiger partial charge in [0.25, 0.3) is 0 Å². The summed E-state index contributed by atoms with van der Waals surface area (Å²) in [7, 11) is 0. The summed E-state index contributed by atoms with van der Waals surface area (Å²) in [5.41, 5.74) is 4.11. The fourth-order valence-corrected chi connectivity index (χ4v) is 2.79. The van der Waals surface area contributed by atoms with Gasteiger partial charge in [-0.3, -0.25) is 0 Å². The van der Waals surface area contributed by atoms with E-state index in [4.69, 9.17) is 0 Å². The number of alkyl halides is 1. The second-order valence-corrected chi connectivity index (χ2v) is 5.00. The first-order valence-corrected chi connectivity index (χ1v) is 7.47. The van der Waals surface area contributed by atoms with Crippen LogP contribution in [0.25, 0.3) is 0 Å². The number of hydrogen-bond acceptors (Lipinski definition) is 1. The van der Waals surface area contributed by atoms with E-state index in [2.05, 4.69) is 35.0 Å². The fraction of sp³-hybridized carbons (Fsp3) is 0.250. The van der Waals surface area contributed by atoms with E-state index in [0.717, 1.165) is 17.6 Å². The SMILES string of the molecule is CCN(c1ccc(CBr)c(C)c1)c1ccccc1F. The molecule has 100 valence electrons. The number of anilines is 2. The summed E-state index contributed by atoms with van der Waals surface area (Å²) in [5, 5.41) is 0.838. The topological polar surface area (TPSA) is 3.24 Å². The minimum Gasteiger partial charge on any atom is -0.339 e. The van der Waals surface area contributed by atoms with Crippen LogP contribution in [0.2, 0.25) is 0 Å². The van der Waals surface area contributed by atoms with Gasteiger partial charge in [0.15, 0.2) is 0 Å². The lowest BCUT2D eigenvalue weighted by molar-refractivity contribution is 0.625. The monoisotopic (exact) mass is 321 g/mol.